The summed E-state index contributed by atoms with van der Waals surface area (Å²) in [6, 6.07) is 0. The Hall–Kier alpha value is -1.57. The highest BCUT2D eigenvalue weighted by molar-refractivity contribution is 5.75. The molecule has 11 heteroatoms. The highest BCUT2D eigenvalue weighted by Crippen LogP contribution is 2.32. The molecule has 11 nitrogen and oxygen atoms in total. The van der Waals surface area contributed by atoms with E-state index in [0.717, 1.165) is 0 Å². The number of nitrogens with one attached hydrogen (secondary N) is 1. The first-order chi connectivity index (χ1) is 13.1. The van der Waals surface area contributed by atoms with Crippen molar-refractivity contribution in [3.63, 3.8) is 0 Å². The zero-order valence-corrected chi connectivity index (χ0v) is 15.6. The fourth-order valence-electron chi connectivity index (χ4n) is 3.07. The third kappa shape index (κ3) is 4.53. The summed E-state index contributed by atoms with van der Waals surface area (Å²) in [5, 5.41) is 61.9. The first-order valence-electron chi connectivity index (χ1n) is 8.71. The molecule has 1 saturated heterocycles. The summed E-state index contributed by atoms with van der Waals surface area (Å²) >= 11 is 0. The molecule has 0 radical (unpaired) electrons. The van der Waals surface area contributed by atoms with E-state index in [4.69, 9.17) is 14.2 Å². The lowest BCUT2D eigenvalue weighted by atomic mass is 9.97. The van der Waals surface area contributed by atoms with E-state index in [1.54, 1.807) is 6.92 Å². The highest BCUT2D eigenvalue weighted by Gasteiger charge is 2.48. The van der Waals surface area contributed by atoms with Crippen molar-refractivity contribution in [1.29, 1.82) is 0 Å². The first kappa shape index (κ1) is 22.7. The largest absolute Gasteiger partial charge is 0.483 e. The molecule has 0 aromatic heterocycles. The van der Waals surface area contributed by atoms with Gasteiger partial charge in [0.25, 0.3) is 0 Å². The molecule has 1 fully saturated rings. The minimum absolute atomic E-state index is 0.0423. The number of hydrogen-bond donors (Lipinski definition) is 7. The molecule has 5 unspecified atom stereocenters. The predicted octanol–water partition coefficient (Wildman–Crippen LogP) is -3.15. The molecule has 7 N–H and O–H groups in total. The lowest BCUT2D eigenvalue weighted by Gasteiger charge is -2.44. The summed E-state index contributed by atoms with van der Waals surface area (Å²) in [7, 11) is 0. The van der Waals surface area contributed by atoms with Crippen LogP contribution in [0.1, 0.15) is 13.8 Å². The van der Waals surface area contributed by atoms with Crippen LogP contribution in [0.15, 0.2) is 23.6 Å². The normalized spacial score (nSPS) is 38.7. The molecule has 0 aromatic carbocycles. The van der Waals surface area contributed by atoms with E-state index < -0.39 is 68.1 Å². The molecule has 0 saturated carbocycles. The van der Waals surface area contributed by atoms with Gasteiger partial charge in [-0.3, -0.25) is 4.79 Å². The third-order valence-corrected chi connectivity index (χ3v) is 4.51. The van der Waals surface area contributed by atoms with Crippen LogP contribution in [0.5, 0.6) is 0 Å². The van der Waals surface area contributed by atoms with E-state index in [0.29, 0.717) is 5.57 Å². The average Bonchev–Trinajstić information content (AvgIpc) is 2.64. The molecular formula is C17H27NO10. The summed E-state index contributed by atoms with van der Waals surface area (Å²) < 4.78 is 16.4. The number of ether oxygens (including phenoxy) is 3. The van der Waals surface area contributed by atoms with Crippen molar-refractivity contribution >= 4 is 5.91 Å². The van der Waals surface area contributed by atoms with Crippen LogP contribution >= 0.6 is 0 Å². The van der Waals surface area contributed by atoms with Crippen LogP contribution in [0.3, 0.4) is 0 Å². The van der Waals surface area contributed by atoms with Crippen molar-refractivity contribution in [2.24, 2.45) is 0 Å². The van der Waals surface area contributed by atoms with E-state index in [2.05, 4.69) is 11.9 Å². The van der Waals surface area contributed by atoms with E-state index in [-0.39, 0.29) is 11.5 Å². The van der Waals surface area contributed by atoms with Gasteiger partial charge in [0.1, 0.15) is 42.4 Å². The van der Waals surface area contributed by atoms with Gasteiger partial charge in [0.05, 0.1) is 18.9 Å². The maximum atomic E-state index is 11.5. The van der Waals surface area contributed by atoms with Crippen LogP contribution in [0.4, 0.5) is 0 Å². The molecule has 1 amide bonds. The summed E-state index contributed by atoms with van der Waals surface area (Å²) in [5.41, 5.74) is 0.340. The van der Waals surface area contributed by atoms with Crippen molar-refractivity contribution in [3.8, 4) is 0 Å². The number of rotatable bonds is 6. The molecule has 2 heterocycles. The second-order valence-electron chi connectivity index (χ2n) is 6.79. The second-order valence-corrected chi connectivity index (χ2v) is 6.79. The van der Waals surface area contributed by atoms with Gasteiger partial charge in [-0.05, 0) is 12.5 Å². The molecule has 0 spiro atoms. The zero-order valence-electron chi connectivity index (χ0n) is 15.6. The molecule has 2 aliphatic rings. The average molecular weight is 405 g/mol. The Labute approximate surface area is 161 Å². The summed E-state index contributed by atoms with van der Waals surface area (Å²) in [4.78, 5) is 11.5. The van der Waals surface area contributed by atoms with Crippen LogP contribution in [0, 0.1) is 0 Å². The maximum absolute atomic E-state index is 11.5. The van der Waals surface area contributed by atoms with Gasteiger partial charge in [0.2, 0.25) is 5.91 Å². The Morgan fingerprint density at radius 2 is 1.68 bits per heavy atom. The number of hydrogen-bond acceptors (Lipinski definition) is 10. The zero-order chi connectivity index (χ0) is 21.2. The van der Waals surface area contributed by atoms with Crippen LogP contribution in [0.2, 0.25) is 0 Å². The SMILES string of the molecule is C=C(C)C1=C(NC(C)=O)C(O)[C@H](O[C@@H]2OC(CO)[C@H](O)C(O)C2O)C(CO)O1. The maximum Gasteiger partial charge on any atom is 0.221 e. The van der Waals surface area contributed by atoms with Crippen molar-refractivity contribution in [3.05, 3.63) is 23.6 Å². The number of aliphatic hydroxyl groups is 6. The lowest BCUT2D eigenvalue weighted by Crippen LogP contribution is -2.62. The number of aliphatic hydroxyl groups excluding tert-OH is 6. The molecule has 0 aliphatic carbocycles. The van der Waals surface area contributed by atoms with Crippen LogP contribution < -0.4 is 5.32 Å². The number of amides is 1. The second kappa shape index (κ2) is 9.29. The minimum atomic E-state index is -1.71. The van der Waals surface area contributed by atoms with Gasteiger partial charge in [-0.15, -0.1) is 0 Å². The quantitative estimate of drug-likeness (QED) is 0.239. The Morgan fingerprint density at radius 3 is 2.18 bits per heavy atom. The number of carbonyl (C=O) groups excluding carboxylic acids is 1. The molecule has 0 aromatic rings. The van der Waals surface area contributed by atoms with E-state index >= 15 is 0 Å². The molecule has 8 atom stereocenters. The number of allylic oxidation sites excluding steroid dienone is 1. The van der Waals surface area contributed by atoms with Gasteiger partial charge in [-0.1, -0.05) is 6.58 Å². The fourth-order valence-corrected chi connectivity index (χ4v) is 3.07. The Kier molecular flexibility index (Phi) is 7.53. The van der Waals surface area contributed by atoms with Gasteiger partial charge in [0.15, 0.2) is 12.4 Å². The summed E-state index contributed by atoms with van der Waals surface area (Å²) in [5.74, 6) is -0.416. The Bertz CT molecular complexity index is 621. The van der Waals surface area contributed by atoms with Crippen molar-refractivity contribution in [2.75, 3.05) is 13.2 Å². The predicted molar refractivity (Wildman–Crippen MR) is 92.3 cm³/mol. The van der Waals surface area contributed by atoms with E-state index in [1.807, 2.05) is 0 Å². The Morgan fingerprint density at radius 1 is 1.07 bits per heavy atom. The van der Waals surface area contributed by atoms with Crippen LogP contribution in [-0.4, -0.2) is 98.8 Å². The minimum Gasteiger partial charge on any atom is -0.483 e. The topological polar surface area (TPSA) is 178 Å². The van der Waals surface area contributed by atoms with Gasteiger partial charge in [-0.2, -0.15) is 0 Å². The van der Waals surface area contributed by atoms with Crippen molar-refractivity contribution < 1.29 is 49.6 Å². The summed E-state index contributed by atoms with van der Waals surface area (Å²) in [6.45, 7) is 5.26. The fraction of sp³-hybridized carbons (Fsp3) is 0.706. The van der Waals surface area contributed by atoms with Gasteiger partial charge >= 0.3 is 0 Å². The van der Waals surface area contributed by atoms with Crippen molar-refractivity contribution in [1.82, 2.24) is 5.32 Å². The third-order valence-electron chi connectivity index (χ3n) is 4.51. The van der Waals surface area contributed by atoms with Gasteiger partial charge in [0, 0.05) is 6.92 Å². The molecule has 28 heavy (non-hydrogen) atoms. The standard InChI is InChI=1S/C17H27NO10/c1-6(2)15-10(18-7(3)21)12(23)16(9(5-20)26-15)28-17-14(25)13(24)11(22)8(4-19)27-17/h8-9,11-14,16-17,19-20,22-25H,1,4-5H2,2-3H3,(H,18,21)/t8?,9?,11-,12?,13?,14?,16+,17-/m0/s1. The molecule has 2 aliphatic heterocycles. The first-order valence-corrected chi connectivity index (χ1v) is 8.71. The van der Waals surface area contributed by atoms with Crippen LogP contribution in [0.25, 0.3) is 0 Å². The molecule has 2 rings (SSSR count). The van der Waals surface area contributed by atoms with Gasteiger partial charge < -0.3 is 50.2 Å². The van der Waals surface area contributed by atoms with E-state index in [9.17, 15) is 35.4 Å². The monoisotopic (exact) mass is 405 g/mol. The molecule has 0 bridgehead atoms. The lowest BCUT2D eigenvalue weighted by molar-refractivity contribution is -0.325. The molecular weight excluding hydrogens is 378 g/mol. The van der Waals surface area contributed by atoms with Crippen LogP contribution in [-0.2, 0) is 19.0 Å². The number of carbonyl (C=O) groups is 1. The highest BCUT2D eigenvalue weighted by atomic mass is 16.7. The smallest absolute Gasteiger partial charge is 0.221 e. The van der Waals surface area contributed by atoms with Gasteiger partial charge in [-0.25, -0.2) is 0 Å². The summed E-state index contributed by atoms with van der Waals surface area (Å²) in [6.07, 6.45) is -11.7. The van der Waals surface area contributed by atoms with Crippen molar-refractivity contribution in [2.45, 2.75) is 62.9 Å². The Balaban J connectivity index is 2.30. The molecule has 160 valence electrons. The van der Waals surface area contributed by atoms with E-state index in [1.165, 1.54) is 6.92 Å².